The Morgan fingerprint density at radius 1 is 1.55 bits per heavy atom. The largest absolute Gasteiger partial charge is 0.350 e. The monoisotopic (exact) mass is 273 g/mol. The van der Waals surface area contributed by atoms with Gasteiger partial charge in [0.15, 0.2) is 5.82 Å². The zero-order valence-electron chi connectivity index (χ0n) is 10.8. The number of rotatable bonds is 4. The third-order valence-corrected chi connectivity index (χ3v) is 3.11. The molecule has 0 radical (unpaired) electrons. The van der Waals surface area contributed by atoms with Crippen LogP contribution < -0.4 is 16.2 Å². The molecule has 0 aliphatic carbocycles. The Bertz CT molecular complexity index is 577. The summed E-state index contributed by atoms with van der Waals surface area (Å²) in [6, 6.07) is 3.56. The highest BCUT2D eigenvalue weighted by molar-refractivity contribution is 5.81. The van der Waals surface area contributed by atoms with Gasteiger partial charge in [-0.05, 0) is 12.5 Å². The van der Waals surface area contributed by atoms with Gasteiger partial charge >= 0.3 is 0 Å². The first-order chi connectivity index (χ1) is 9.84. The van der Waals surface area contributed by atoms with Gasteiger partial charge in [0.2, 0.25) is 5.91 Å². The molecule has 3 rings (SSSR count). The second kappa shape index (κ2) is 5.76. The van der Waals surface area contributed by atoms with Crippen LogP contribution in [0, 0.1) is 0 Å². The van der Waals surface area contributed by atoms with Gasteiger partial charge in [0.25, 0.3) is 0 Å². The topological polar surface area (TPSA) is 96.8 Å². The van der Waals surface area contributed by atoms with E-state index in [2.05, 4.69) is 31.2 Å². The average Bonchev–Trinajstić information content (AvgIpc) is 3.17. The maximum Gasteiger partial charge on any atom is 0.238 e. The summed E-state index contributed by atoms with van der Waals surface area (Å²) >= 11 is 0. The molecule has 104 valence electrons. The first-order valence-electron chi connectivity index (χ1n) is 6.39. The molecule has 20 heavy (non-hydrogen) atoms. The van der Waals surface area contributed by atoms with Crippen molar-refractivity contribution >= 4 is 5.91 Å². The fourth-order valence-corrected chi connectivity index (χ4v) is 2.08. The molecule has 8 nitrogen and oxygen atoms in total. The van der Waals surface area contributed by atoms with Crippen molar-refractivity contribution < 1.29 is 4.79 Å². The molecule has 0 aromatic carbocycles. The number of nitrogens with zero attached hydrogens (tertiary/aromatic N) is 4. The zero-order chi connectivity index (χ0) is 13.8. The molecule has 3 heterocycles. The Morgan fingerprint density at radius 3 is 3.25 bits per heavy atom. The van der Waals surface area contributed by atoms with Crippen molar-refractivity contribution in [3.63, 3.8) is 0 Å². The average molecular weight is 273 g/mol. The smallest absolute Gasteiger partial charge is 0.238 e. The molecule has 1 amide bonds. The van der Waals surface area contributed by atoms with Crippen LogP contribution >= 0.6 is 0 Å². The van der Waals surface area contributed by atoms with Crippen molar-refractivity contribution in [1.82, 2.24) is 35.9 Å². The lowest BCUT2D eigenvalue weighted by Crippen LogP contribution is -2.42. The van der Waals surface area contributed by atoms with Crippen molar-refractivity contribution in [2.75, 3.05) is 6.54 Å². The Hall–Kier alpha value is -2.32. The van der Waals surface area contributed by atoms with Crippen molar-refractivity contribution in [2.24, 2.45) is 0 Å². The number of pyridine rings is 1. The molecule has 8 heteroatoms. The first kappa shape index (κ1) is 12.7. The van der Waals surface area contributed by atoms with Gasteiger partial charge in [-0.3, -0.25) is 10.2 Å². The van der Waals surface area contributed by atoms with E-state index in [1.165, 1.54) is 6.33 Å². The van der Waals surface area contributed by atoms with Gasteiger partial charge in [0.05, 0.1) is 0 Å². The van der Waals surface area contributed by atoms with E-state index in [0.717, 1.165) is 18.5 Å². The zero-order valence-corrected chi connectivity index (χ0v) is 10.8. The fourth-order valence-electron chi connectivity index (χ4n) is 2.08. The first-order valence-corrected chi connectivity index (χ1v) is 6.39. The van der Waals surface area contributed by atoms with Crippen LogP contribution in [0.4, 0.5) is 0 Å². The maximum atomic E-state index is 11.9. The molecule has 1 aliphatic heterocycles. The van der Waals surface area contributed by atoms with E-state index in [-0.39, 0.29) is 11.9 Å². The van der Waals surface area contributed by atoms with Crippen molar-refractivity contribution in [3.8, 4) is 5.82 Å². The van der Waals surface area contributed by atoms with Crippen LogP contribution in [0.15, 0.2) is 31.0 Å². The minimum Gasteiger partial charge on any atom is -0.350 e. The minimum absolute atomic E-state index is 0.0246. The third-order valence-electron chi connectivity index (χ3n) is 3.11. The number of aromatic nitrogens is 4. The van der Waals surface area contributed by atoms with E-state index in [1.54, 1.807) is 17.2 Å². The van der Waals surface area contributed by atoms with E-state index >= 15 is 0 Å². The SMILES string of the molecule is O=C(NCc1cccnc1-n1cncn1)C1CCNN1. The Balaban J connectivity index is 1.70. The van der Waals surface area contributed by atoms with Crippen molar-refractivity contribution in [3.05, 3.63) is 36.5 Å². The lowest BCUT2D eigenvalue weighted by molar-refractivity contribution is -0.123. The second-order valence-corrected chi connectivity index (χ2v) is 4.46. The normalized spacial score (nSPS) is 18.1. The van der Waals surface area contributed by atoms with Crippen LogP contribution in [-0.2, 0) is 11.3 Å². The summed E-state index contributed by atoms with van der Waals surface area (Å²) < 4.78 is 1.58. The highest BCUT2D eigenvalue weighted by Crippen LogP contribution is 2.09. The van der Waals surface area contributed by atoms with Gasteiger partial charge in [0, 0.05) is 24.8 Å². The van der Waals surface area contributed by atoms with E-state index < -0.39 is 0 Å². The number of hydrogen-bond acceptors (Lipinski definition) is 6. The highest BCUT2D eigenvalue weighted by atomic mass is 16.2. The predicted molar refractivity (Wildman–Crippen MR) is 70.5 cm³/mol. The van der Waals surface area contributed by atoms with E-state index in [1.807, 2.05) is 12.1 Å². The van der Waals surface area contributed by atoms with Gasteiger partial charge < -0.3 is 5.32 Å². The van der Waals surface area contributed by atoms with Gasteiger partial charge in [-0.25, -0.2) is 20.1 Å². The molecule has 1 saturated heterocycles. The molecule has 2 aromatic heterocycles. The van der Waals surface area contributed by atoms with Crippen LogP contribution in [0.25, 0.3) is 5.82 Å². The number of hydrogen-bond donors (Lipinski definition) is 3. The van der Waals surface area contributed by atoms with Crippen molar-refractivity contribution in [2.45, 2.75) is 19.0 Å². The summed E-state index contributed by atoms with van der Waals surface area (Å²) in [5.74, 6) is 0.645. The molecule has 1 atom stereocenters. The minimum atomic E-state index is -0.179. The standard InChI is InChI=1S/C12H15N7O/c20-12(10-3-5-16-18-10)15-6-9-2-1-4-14-11(9)19-8-13-7-17-19/h1-2,4,7-8,10,16,18H,3,5-6H2,(H,15,20). The molecule has 0 bridgehead atoms. The summed E-state index contributed by atoms with van der Waals surface area (Å²) in [5, 5.41) is 6.96. The summed E-state index contributed by atoms with van der Waals surface area (Å²) in [4.78, 5) is 20.1. The van der Waals surface area contributed by atoms with E-state index in [4.69, 9.17) is 0 Å². The maximum absolute atomic E-state index is 11.9. The quantitative estimate of drug-likeness (QED) is 0.671. The van der Waals surface area contributed by atoms with Gasteiger partial charge in [-0.15, -0.1) is 0 Å². The molecular weight excluding hydrogens is 258 g/mol. The van der Waals surface area contributed by atoms with Gasteiger partial charge in [-0.1, -0.05) is 6.07 Å². The lowest BCUT2D eigenvalue weighted by atomic mass is 10.2. The molecular formula is C12H15N7O. The summed E-state index contributed by atoms with van der Waals surface area (Å²) in [6.07, 6.45) is 5.50. The number of amides is 1. The Morgan fingerprint density at radius 2 is 2.50 bits per heavy atom. The summed E-state index contributed by atoms with van der Waals surface area (Å²) in [5.41, 5.74) is 6.76. The van der Waals surface area contributed by atoms with Crippen molar-refractivity contribution in [1.29, 1.82) is 0 Å². The van der Waals surface area contributed by atoms with E-state index in [9.17, 15) is 4.79 Å². The van der Waals surface area contributed by atoms with Crippen LogP contribution in [0.3, 0.4) is 0 Å². The molecule has 1 fully saturated rings. The summed E-state index contributed by atoms with van der Waals surface area (Å²) in [7, 11) is 0. The molecule has 2 aromatic rings. The van der Waals surface area contributed by atoms with Crippen LogP contribution in [0.1, 0.15) is 12.0 Å². The molecule has 1 unspecified atom stereocenters. The number of hydrazine groups is 1. The summed E-state index contributed by atoms with van der Waals surface area (Å²) in [6.45, 7) is 1.20. The van der Waals surface area contributed by atoms with Gasteiger partial charge in [0.1, 0.15) is 18.7 Å². The highest BCUT2D eigenvalue weighted by Gasteiger charge is 2.21. The number of carbonyl (C=O) groups is 1. The molecule has 0 saturated carbocycles. The number of carbonyl (C=O) groups excluding carboxylic acids is 1. The predicted octanol–water partition coefficient (Wildman–Crippen LogP) is -0.855. The second-order valence-electron chi connectivity index (χ2n) is 4.46. The fraction of sp³-hybridized carbons (Fsp3) is 0.333. The lowest BCUT2D eigenvalue weighted by Gasteiger charge is -2.12. The molecule has 0 spiro atoms. The van der Waals surface area contributed by atoms with Crippen LogP contribution in [0.2, 0.25) is 0 Å². The number of nitrogens with one attached hydrogen (secondary N) is 3. The van der Waals surface area contributed by atoms with Crippen LogP contribution in [-0.4, -0.2) is 38.2 Å². The third kappa shape index (κ3) is 2.65. The van der Waals surface area contributed by atoms with Gasteiger partial charge in [-0.2, -0.15) is 5.10 Å². The van der Waals surface area contributed by atoms with Crippen LogP contribution in [0.5, 0.6) is 0 Å². The Labute approximate surface area is 115 Å². The molecule has 3 N–H and O–H groups in total. The molecule has 1 aliphatic rings. The Kier molecular flexibility index (Phi) is 3.66. The van der Waals surface area contributed by atoms with E-state index in [0.29, 0.717) is 12.4 Å².